The Morgan fingerprint density at radius 3 is 2.62 bits per heavy atom. The highest BCUT2D eigenvalue weighted by molar-refractivity contribution is 5.30. The number of alkyl halides is 2. The summed E-state index contributed by atoms with van der Waals surface area (Å²) in [6, 6.07) is 2.38. The third kappa shape index (κ3) is 3.65. The SMILES string of the molecule is CC(C)(/C=C(\C#N)C(O)N1C2CCC(CO)C1CC2)N1CCC(F)(F)C1. The minimum Gasteiger partial charge on any atom is -0.396 e. The van der Waals surface area contributed by atoms with Crippen molar-refractivity contribution in [3.05, 3.63) is 11.6 Å². The molecule has 3 aliphatic heterocycles. The molecule has 2 N–H and O–H groups in total. The van der Waals surface area contributed by atoms with E-state index < -0.39 is 17.7 Å². The Labute approximate surface area is 153 Å². The van der Waals surface area contributed by atoms with Gasteiger partial charge in [0, 0.05) is 37.2 Å². The van der Waals surface area contributed by atoms with Crippen molar-refractivity contribution < 1.29 is 19.0 Å². The fourth-order valence-electron chi connectivity index (χ4n) is 4.92. The number of likely N-dealkylation sites (tertiary alicyclic amines) is 1. The summed E-state index contributed by atoms with van der Waals surface area (Å²) in [6.45, 7) is 3.64. The first-order chi connectivity index (χ1) is 12.2. The molecule has 3 rings (SSSR count). The van der Waals surface area contributed by atoms with Crippen LogP contribution in [0.25, 0.3) is 0 Å². The largest absolute Gasteiger partial charge is 0.396 e. The molecule has 0 amide bonds. The number of piperidine rings is 1. The summed E-state index contributed by atoms with van der Waals surface area (Å²) in [7, 11) is 0. The van der Waals surface area contributed by atoms with E-state index in [1.807, 2.05) is 4.90 Å². The molecule has 3 fully saturated rings. The molecule has 4 atom stereocenters. The number of nitrogens with zero attached hydrogens (tertiary/aromatic N) is 3. The minimum absolute atomic E-state index is 0.0738. The van der Waals surface area contributed by atoms with Gasteiger partial charge in [0.2, 0.25) is 0 Å². The fraction of sp³-hybridized carbons (Fsp3) is 0.842. The lowest BCUT2D eigenvalue weighted by molar-refractivity contribution is -0.0494. The molecule has 2 bridgehead atoms. The number of fused-ring (bicyclic) bond motifs is 2. The molecule has 4 unspecified atom stereocenters. The van der Waals surface area contributed by atoms with Crippen LogP contribution in [0.3, 0.4) is 0 Å². The molecular weight excluding hydrogens is 340 g/mol. The predicted octanol–water partition coefficient (Wildman–Crippen LogP) is 2.11. The van der Waals surface area contributed by atoms with Crippen LogP contribution < -0.4 is 0 Å². The molecule has 26 heavy (non-hydrogen) atoms. The van der Waals surface area contributed by atoms with E-state index in [0.29, 0.717) is 0 Å². The molecule has 0 radical (unpaired) electrons. The van der Waals surface area contributed by atoms with Crippen molar-refractivity contribution in [1.82, 2.24) is 9.80 Å². The quantitative estimate of drug-likeness (QED) is 0.727. The van der Waals surface area contributed by atoms with Crippen LogP contribution in [-0.4, -0.2) is 69.5 Å². The van der Waals surface area contributed by atoms with Gasteiger partial charge in [0.05, 0.1) is 18.2 Å². The lowest BCUT2D eigenvalue weighted by Gasteiger charge is -2.42. The number of hydrogen-bond acceptors (Lipinski definition) is 5. The van der Waals surface area contributed by atoms with Gasteiger partial charge >= 0.3 is 0 Å². The van der Waals surface area contributed by atoms with E-state index in [1.165, 1.54) is 0 Å². The number of aliphatic hydroxyl groups excluding tert-OH is 2. The zero-order chi connectivity index (χ0) is 19.1. The maximum Gasteiger partial charge on any atom is 0.261 e. The van der Waals surface area contributed by atoms with E-state index in [4.69, 9.17) is 0 Å². The summed E-state index contributed by atoms with van der Waals surface area (Å²) in [5.74, 6) is -2.58. The summed E-state index contributed by atoms with van der Waals surface area (Å²) >= 11 is 0. The monoisotopic (exact) mass is 369 g/mol. The Kier molecular flexibility index (Phi) is 5.42. The molecule has 0 aromatic carbocycles. The van der Waals surface area contributed by atoms with Gasteiger partial charge in [-0.3, -0.25) is 9.80 Å². The lowest BCUT2D eigenvalue weighted by atomic mass is 9.89. The van der Waals surface area contributed by atoms with Gasteiger partial charge < -0.3 is 10.2 Å². The van der Waals surface area contributed by atoms with Gasteiger partial charge in [0.25, 0.3) is 5.92 Å². The molecule has 7 heteroatoms. The topological polar surface area (TPSA) is 70.7 Å². The van der Waals surface area contributed by atoms with Gasteiger partial charge in [-0.1, -0.05) is 0 Å². The number of nitriles is 1. The van der Waals surface area contributed by atoms with Gasteiger partial charge in [0.1, 0.15) is 6.23 Å². The summed E-state index contributed by atoms with van der Waals surface area (Å²) in [5, 5.41) is 30.2. The highest BCUT2D eigenvalue weighted by Gasteiger charge is 2.47. The van der Waals surface area contributed by atoms with E-state index in [9.17, 15) is 24.3 Å². The molecule has 146 valence electrons. The molecule has 3 heterocycles. The van der Waals surface area contributed by atoms with Crippen LogP contribution in [0.5, 0.6) is 0 Å². The van der Waals surface area contributed by atoms with Crippen molar-refractivity contribution in [1.29, 1.82) is 5.26 Å². The van der Waals surface area contributed by atoms with Crippen molar-refractivity contribution in [2.24, 2.45) is 5.92 Å². The Morgan fingerprint density at radius 1 is 1.35 bits per heavy atom. The van der Waals surface area contributed by atoms with Crippen LogP contribution in [0.1, 0.15) is 46.0 Å². The Bertz CT molecular complexity index is 602. The number of aliphatic hydroxyl groups is 2. The fourth-order valence-corrected chi connectivity index (χ4v) is 4.92. The molecular formula is C19H29F2N3O2. The zero-order valence-electron chi connectivity index (χ0n) is 15.5. The first kappa shape index (κ1) is 19.7. The van der Waals surface area contributed by atoms with Crippen LogP contribution in [0.4, 0.5) is 8.78 Å². The zero-order valence-corrected chi connectivity index (χ0v) is 15.5. The number of hydrogen-bond donors (Lipinski definition) is 2. The Balaban J connectivity index is 1.80. The lowest BCUT2D eigenvalue weighted by Crippen LogP contribution is -2.52. The first-order valence-electron chi connectivity index (χ1n) is 9.50. The normalized spacial score (nSPS) is 34.0. The van der Waals surface area contributed by atoms with E-state index in [2.05, 4.69) is 6.07 Å². The Hall–Kier alpha value is -1.07. The van der Waals surface area contributed by atoms with Gasteiger partial charge in [-0.05, 0) is 51.5 Å². The molecule has 0 saturated carbocycles. The van der Waals surface area contributed by atoms with Crippen molar-refractivity contribution in [3.63, 3.8) is 0 Å². The molecule has 3 aliphatic rings. The molecule has 0 aromatic rings. The average Bonchev–Trinajstić information content (AvgIpc) is 3.11. The van der Waals surface area contributed by atoms with Gasteiger partial charge in [-0.15, -0.1) is 0 Å². The van der Waals surface area contributed by atoms with E-state index in [1.54, 1.807) is 24.8 Å². The second-order valence-electron chi connectivity index (χ2n) is 8.53. The maximum absolute atomic E-state index is 13.6. The van der Waals surface area contributed by atoms with Crippen LogP contribution in [0.15, 0.2) is 11.6 Å². The van der Waals surface area contributed by atoms with E-state index >= 15 is 0 Å². The smallest absolute Gasteiger partial charge is 0.261 e. The summed E-state index contributed by atoms with van der Waals surface area (Å²) in [4.78, 5) is 3.63. The number of rotatable bonds is 5. The highest BCUT2D eigenvalue weighted by Crippen LogP contribution is 2.41. The standard InChI is InChI=1S/C19H29F2N3O2/c1-18(2,23-8-7-19(20,21)12-23)9-14(10-22)17(26)24-15-4-3-13(11-25)16(24)6-5-15/h9,13,15-17,25-26H,3-8,11-12H2,1-2H3/b14-9+. The second-order valence-corrected chi connectivity index (χ2v) is 8.53. The van der Waals surface area contributed by atoms with Gasteiger partial charge in [0.15, 0.2) is 0 Å². The minimum atomic E-state index is -2.70. The van der Waals surface area contributed by atoms with Crippen LogP contribution >= 0.6 is 0 Å². The van der Waals surface area contributed by atoms with Gasteiger partial charge in [-0.25, -0.2) is 8.78 Å². The third-order valence-electron chi connectivity index (χ3n) is 6.43. The van der Waals surface area contributed by atoms with Crippen molar-refractivity contribution in [3.8, 4) is 6.07 Å². The second kappa shape index (κ2) is 7.16. The first-order valence-corrected chi connectivity index (χ1v) is 9.50. The molecule has 0 aromatic heterocycles. The molecule has 5 nitrogen and oxygen atoms in total. The van der Waals surface area contributed by atoms with E-state index in [-0.39, 0.29) is 49.7 Å². The number of halogens is 2. The van der Waals surface area contributed by atoms with Crippen LogP contribution in [-0.2, 0) is 0 Å². The van der Waals surface area contributed by atoms with Crippen LogP contribution in [0.2, 0.25) is 0 Å². The van der Waals surface area contributed by atoms with Gasteiger partial charge in [-0.2, -0.15) is 5.26 Å². The van der Waals surface area contributed by atoms with E-state index in [0.717, 1.165) is 25.7 Å². The molecule has 3 saturated heterocycles. The average molecular weight is 369 g/mol. The maximum atomic E-state index is 13.6. The summed E-state index contributed by atoms with van der Waals surface area (Å²) in [5.41, 5.74) is -0.530. The Morgan fingerprint density at radius 2 is 2.04 bits per heavy atom. The van der Waals surface area contributed by atoms with Crippen molar-refractivity contribution >= 4 is 0 Å². The highest BCUT2D eigenvalue weighted by atomic mass is 19.3. The molecule has 0 spiro atoms. The summed E-state index contributed by atoms with van der Waals surface area (Å²) < 4.78 is 27.2. The predicted molar refractivity (Wildman–Crippen MR) is 93.4 cm³/mol. The molecule has 0 aliphatic carbocycles. The van der Waals surface area contributed by atoms with Crippen LogP contribution in [0, 0.1) is 17.2 Å². The van der Waals surface area contributed by atoms with Crippen molar-refractivity contribution in [2.45, 2.75) is 75.7 Å². The third-order valence-corrected chi connectivity index (χ3v) is 6.43. The summed E-state index contributed by atoms with van der Waals surface area (Å²) in [6.07, 6.45) is 4.12. The van der Waals surface area contributed by atoms with Crippen molar-refractivity contribution in [2.75, 3.05) is 19.7 Å².